The Balaban J connectivity index is 1.09. The molecule has 0 bridgehead atoms. The molecule has 0 spiro atoms. The number of aromatic nitrogens is 3. The second kappa shape index (κ2) is 12.3. The molecular formula is C31H35F5N8S. The van der Waals surface area contributed by atoms with Crippen LogP contribution in [0.4, 0.5) is 33.7 Å². The highest BCUT2D eigenvalue weighted by molar-refractivity contribution is 7.18. The van der Waals surface area contributed by atoms with Crippen molar-refractivity contribution < 1.29 is 22.0 Å². The van der Waals surface area contributed by atoms with Gasteiger partial charge in [0.05, 0.1) is 11.8 Å². The van der Waals surface area contributed by atoms with Crippen molar-refractivity contribution in [2.75, 3.05) is 43.8 Å². The average molecular weight is 647 g/mol. The Kier molecular flexibility index (Phi) is 8.62. The molecule has 0 saturated carbocycles. The summed E-state index contributed by atoms with van der Waals surface area (Å²) >= 11 is 0.985. The van der Waals surface area contributed by atoms with Crippen LogP contribution in [-0.4, -0.2) is 75.2 Å². The van der Waals surface area contributed by atoms with Gasteiger partial charge in [-0.1, -0.05) is 6.07 Å². The zero-order valence-corrected chi connectivity index (χ0v) is 25.7. The molecule has 45 heavy (non-hydrogen) atoms. The number of halogens is 5. The van der Waals surface area contributed by atoms with Gasteiger partial charge >= 0.3 is 6.18 Å². The Morgan fingerprint density at radius 1 is 1.04 bits per heavy atom. The van der Waals surface area contributed by atoms with Crippen LogP contribution in [0.25, 0.3) is 21.1 Å². The van der Waals surface area contributed by atoms with Crippen LogP contribution in [0, 0.1) is 18.3 Å². The van der Waals surface area contributed by atoms with Crippen LogP contribution in [0.5, 0.6) is 0 Å². The Labute approximate surface area is 261 Å². The normalized spacial score (nSPS) is 18.5. The summed E-state index contributed by atoms with van der Waals surface area (Å²) in [5.74, 6) is -2.08. The molecule has 2 fully saturated rings. The Morgan fingerprint density at radius 2 is 1.78 bits per heavy atom. The number of nitrogen functional groups attached to an aromatic ring is 1. The standard InChI is InChI=1S/C31H35F5N8S/c1-19-20(2-3-26-24(19)14-22(17-37)44(26)13-12-42-10-6-30(32,33)7-11-42)18-43-8-4-21(5-9-43)39-27-25-15-23(16-31(34,35)36)45-28(25)41-29(38)40-27/h2-3,14-15,21H,4-13,16,18H2,1H3,(H3,38,39,40,41). The van der Waals surface area contributed by atoms with Gasteiger partial charge in [0.2, 0.25) is 5.95 Å². The van der Waals surface area contributed by atoms with E-state index >= 15 is 0 Å². The highest BCUT2D eigenvalue weighted by Gasteiger charge is 2.34. The van der Waals surface area contributed by atoms with Crippen molar-refractivity contribution in [3.8, 4) is 6.07 Å². The monoisotopic (exact) mass is 646 g/mol. The van der Waals surface area contributed by atoms with Crippen LogP contribution in [-0.2, 0) is 19.5 Å². The number of anilines is 2. The number of thiophene rings is 1. The number of nitrogens with one attached hydrogen (secondary N) is 1. The molecule has 6 rings (SSSR count). The van der Waals surface area contributed by atoms with E-state index in [-0.39, 0.29) is 29.7 Å². The number of nitrogens with two attached hydrogens (primary N) is 1. The second-order valence-corrected chi connectivity index (χ2v) is 13.2. The van der Waals surface area contributed by atoms with Crippen LogP contribution < -0.4 is 11.1 Å². The average Bonchev–Trinajstić information content (AvgIpc) is 3.54. The maximum atomic E-state index is 13.6. The number of hydrogen-bond acceptors (Lipinski definition) is 8. The smallest absolute Gasteiger partial charge is 0.368 e. The minimum atomic E-state index is -4.30. The van der Waals surface area contributed by atoms with Gasteiger partial charge in [-0.15, -0.1) is 11.3 Å². The number of nitriles is 1. The van der Waals surface area contributed by atoms with E-state index in [2.05, 4.69) is 45.3 Å². The van der Waals surface area contributed by atoms with Gasteiger partial charge in [-0.3, -0.25) is 4.90 Å². The molecule has 0 unspecified atom stereocenters. The molecule has 4 aromatic rings. The molecule has 3 aromatic heterocycles. The number of aryl methyl sites for hydroxylation is 1. The number of rotatable bonds is 8. The molecular weight excluding hydrogens is 611 g/mol. The SMILES string of the molecule is Cc1c(CN2CCC(Nc3nc(N)nc4sc(CC(F)(F)F)cc34)CC2)ccc2c1cc(C#N)n2CCN1CCC(F)(F)CC1. The molecule has 3 N–H and O–H groups in total. The fraction of sp³-hybridized carbons (Fsp3) is 0.516. The first-order valence-corrected chi connectivity index (χ1v) is 15.9. The van der Waals surface area contributed by atoms with Gasteiger partial charge in [0.25, 0.3) is 5.92 Å². The summed E-state index contributed by atoms with van der Waals surface area (Å²) in [7, 11) is 0. The summed E-state index contributed by atoms with van der Waals surface area (Å²) in [4.78, 5) is 13.5. The predicted octanol–water partition coefficient (Wildman–Crippen LogP) is 6.32. The molecule has 5 heterocycles. The first-order chi connectivity index (χ1) is 21.4. The highest BCUT2D eigenvalue weighted by Crippen LogP contribution is 2.35. The third kappa shape index (κ3) is 7.15. The third-order valence-electron chi connectivity index (χ3n) is 8.97. The Morgan fingerprint density at radius 3 is 2.47 bits per heavy atom. The molecule has 0 aliphatic carbocycles. The van der Waals surface area contributed by atoms with Gasteiger partial charge in [-0.05, 0) is 49.1 Å². The van der Waals surface area contributed by atoms with Gasteiger partial charge in [-0.2, -0.15) is 23.4 Å². The number of piperidine rings is 2. The topological polar surface area (TPSA) is 99.0 Å². The fourth-order valence-electron chi connectivity index (χ4n) is 6.42. The fourth-order valence-corrected chi connectivity index (χ4v) is 7.49. The van der Waals surface area contributed by atoms with Crippen molar-refractivity contribution in [1.82, 2.24) is 24.3 Å². The first-order valence-electron chi connectivity index (χ1n) is 15.1. The van der Waals surface area contributed by atoms with Gasteiger partial charge in [0, 0.05) is 80.5 Å². The Bertz CT molecular complexity index is 1720. The lowest BCUT2D eigenvalue weighted by Crippen LogP contribution is -2.40. The number of fused-ring (bicyclic) bond motifs is 2. The van der Waals surface area contributed by atoms with Crippen molar-refractivity contribution in [3.05, 3.63) is 46.0 Å². The lowest BCUT2D eigenvalue weighted by atomic mass is 10.0. The van der Waals surface area contributed by atoms with E-state index in [0.717, 1.165) is 60.3 Å². The number of benzene rings is 1. The number of hydrogen-bond donors (Lipinski definition) is 2. The molecule has 0 amide bonds. The predicted molar refractivity (Wildman–Crippen MR) is 166 cm³/mol. The summed E-state index contributed by atoms with van der Waals surface area (Å²) in [6, 6.07) is 9.98. The van der Waals surface area contributed by atoms with E-state index in [1.165, 1.54) is 11.6 Å². The number of likely N-dealkylation sites (tertiary alicyclic amines) is 2. The summed E-state index contributed by atoms with van der Waals surface area (Å²) in [6.07, 6.45) is -3.92. The van der Waals surface area contributed by atoms with E-state index in [9.17, 15) is 27.2 Å². The van der Waals surface area contributed by atoms with Crippen LogP contribution in [0.15, 0.2) is 24.3 Å². The summed E-state index contributed by atoms with van der Waals surface area (Å²) in [6.45, 7) is 6.36. The van der Waals surface area contributed by atoms with E-state index in [4.69, 9.17) is 5.73 Å². The molecule has 0 atom stereocenters. The van der Waals surface area contributed by atoms with Crippen molar-refractivity contribution in [1.29, 1.82) is 5.26 Å². The van der Waals surface area contributed by atoms with E-state index in [1.807, 2.05) is 15.5 Å². The number of nitrogens with zero attached hydrogens (tertiary/aromatic N) is 6. The van der Waals surface area contributed by atoms with Crippen molar-refractivity contribution in [3.63, 3.8) is 0 Å². The zero-order valence-electron chi connectivity index (χ0n) is 24.9. The lowest BCUT2D eigenvalue weighted by molar-refractivity contribution is -0.126. The van der Waals surface area contributed by atoms with Crippen LogP contribution in [0.1, 0.15) is 47.4 Å². The maximum Gasteiger partial charge on any atom is 0.393 e. The minimum Gasteiger partial charge on any atom is -0.368 e. The quantitative estimate of drug-likeness (QED) is 0.216. The lowest BCUT2D eigenvalue weighted by Gasteiger charge is -2.33. The van der Waals surface area contributed by atoms with Gasteiger partial charge in [-0.25, -0.2) is 13.8 Å². The van der Waals surface area contributed by atoms with E-state index < -0.39 is 18.5 Å². The largest absolute Gasteiger partial charge is 0.393 e. The molecule has 2 aliphatic heterocycles. The minimum absolute atomic E-state index is 0.0262. The van der Waals surface area contributed by atoms with E-state index in [1.54, 1.807) is 0 Å². The molecule has 1 aromatic carbocycles. The third-order valence-corrected chi connectivity index (χ3v) is 10.00. The molecule has 0 radical (unpaired) electrons. The molecule has 8 nitrogen and oxygen atoms in total. The number of alkyl halides is 5. The van der Waals surface area contributed by atoms with Crippen LogP contribution in [0.3, 0.4) is 0 Å². The maximum absolute atomic E-state index is 13.6. The van der Waals surface area contributed by atoms with Crippen molar-refractivity contribution in [2.24, 2.45) is 0 Å². The zero-order chi connectivity index (χ0) is 31.9. The van der Waals surface area contributed by atoms with Crippen molar-refractivity contribution >= 4 is 44.2 Å². The van der Waals surface area contributed by atoms with Crippen LogP contribution in [0.2, 0.25) is 0 Å². The molecule has 2 aliphatic rings. The summed E-state index contributed by atoms with van der Waals surface area (Å²) in [5, 5.41) is 14.8. The Hall–Kier alpha value is -3.54. The van der Waals surface area contributed by atoms with E-state index in [0.29, 0.717) is 47.9 Å². The second-order valence-electron chi connectivity index (χ2n) is 12.1. The van der Waals surface area contributed by atoms with Gasteiger partial charge in [0.15, 0.2) is 0 Å². The molecule has 14 heteroatoms. The molecule has 240 valence electrons. The van der Waals surface area contributed by atoms with Crippen LogP contribution >= 0.6 is 11.3 Å². The van der Waals surface area contributed by atoms with Gasteiger partial charge < -0.3 is 20.5 Å². The summed E-state index contributed by atoms with van der Waals surface area (Å²) < 4.78 is 68.0. The highest BCUT2D eigenvalue weighted by atomic mass is 32.1. The van der Waals surface area contributed by atoms with Gasteiger partial charge in [0.1, 0.15) is 22.4 Å². The molecule has 2 saturated heterocycles. The summed E-state index contributed by atoms with van der Waals surface area (Å²) in [5.41, 5.74) is 9.71. The van der Waals surface area contributed by atoms with Crippen molar-refractivity contribution in [2.45, 2.75) is 70.3 Å². The first kappa shape index (κ1) is 31.4.